The Labute approximate surface area is 229 Å². The molecule has 220 valence electrons. The van der Waals surface area contributed by atoms with Gasteiger partial charge in [-0.1, -0.05) is 25.1 Å². The Morgan fingerprint density at radius 2 is 1.62 bits per heavy atom. The van der Waals surface area contributed by atoms with Gasteiger partial charge in [0.05, 0.1) is 29.1 Å². The molecule has 1 N–H and O–H groups in total. The zero-order chi connectivity index (χ0) is 30.2. The van der Waals surface area contributed by atoms with Gasteiger partial charge in [0.1, 0.15) is 0 Å². The summed E-state index contributed by atoms with van der Waals surface area (Å²) in [6.45, 7) is 7.17. The molecular weight excluding hydrogens is 540 g/mol. The second-order valence-corrected chi connectivity index (χ2v) is 10.5. The van der Waals surface area contributed by atoms with E-state index in [4.69, 9.17) is 4.74 Å². The summed E-state index contributed by atoms with van der Waals surface area (Å²) < 4.78 is 86.0. The molecular formula is C28H33F6N3O3. The monoisotopic (exact) mass is 573 g/mol. The number of rotatable bonds is 8. The standard InChI is InChI=1S/C28H33F6N3O3/c1-16-8-7-9-17(2)23(16)37-15-26(19(4)24(37)38,14-36(5)18(3)13-40-6)25(39)35-22-11-20(27(29,30)31)10-21(12-22)28(32,33)34/h7-12,18-19H,13-15H2,1-6H3,(H,35,39)/t18?,19-,26-/m1/s1. The third-order valence-electron chi connectivity index (χ3n) is 7.60. The molecule has 0 aliphatic carbocycles. The van der Waals surface area contributed by atoms with Crippen LogP contribution in [0.1, 0.15) is 36.1 Å². The molecule has 0 spiro atoms. The average Bonchev–Trinajstić information content (AvgIpc) is 3.08. The Hall–Kier alpha value is -3.12. The average molecular weight is 574 g/mol. The summed E-state index contributed by atoms with van der Waals surface area (Å²) in [5, 5.41) is 2.30. The van der Waals surface area contributed by atoms with Crippen molar-refractivity contribution in [3.05, 3.63) is 58.7 Å². The van der Waals surface area contributed by atoms with Crippen LogP contribution in [0.2, 0.25) is 0 Å². The van der Waals surface area contributed by atoms with Crippen molar-refractivity contribution in [1.29, 1.82) is 0 Å². The highest BCUT2D eigenvalue weighted by Gasteiger charge is 2.56. The number of carbonyl (C=O) groups excluding carboxylic acids is 2. The number of methoxy groups -OCH3 is 1. The molecule has 1 heterocycles. The van der Waals surface area contributed by atoms with Gasteiger partial charge in [0, 0.05) is 37.6 Å². The minimum Gasteiger partial charge on any atom is -0.383 e. The topological polar surface area (TPSA) is 61.9 Å². The number of anilines is 2. The molecule has 0 radical (unpaired) electrons. The summed E-state index contributed by atoms with van der Waals surface area (Å²) >= 11 is 0. The Bertz CT molecular complexity index is 1210. The highest BCUT2D eigenvalue weighted by molar-refractivity contribution is 6.08. The Kier molecular flexibility index (Phi) is 8.95. The summed E-state index contributed by atoms with van der Waals surface area (Å²) in [6.07, 6.45) is -10.2. The van der Waals surface area contributed by atoms with E-state index in [-0.39, 0.29) is 31.1 Å². The molecule has 1 aliphatic heterocycles. The van der Waals surface area contributed by atoms with Crippen LogP contribution in [-0.2, 0) is 26.7 Å². The molecule has 1 aliphatic rings. The fourth-order valence-corrected chi connectivity index (χ4v) is 5.17. The molecule has 6 nitrogen and oxygen atoms in total. The van der Waals surface area contributed by atoms with Crippen molar-refractivity contribution >= 4 is 23.2 Å². The first kappa shape index (κ1) is 31.4. The first-order valence-corrected chi connectivity index (χ1v) is 12.6. The number of carbonyl (C=O) groups is 2. The van der Waals surface area contributed by atoms with E-state index >= 15 is 0 Å². The van der Waals surface area contributed by atoms with Crippen molar-refractivity contribution in [3.8, 4) is 0 Å². The lowest BCUT2D eigenvalue weighted by atomic mass is 9.77. The first-order chi connectivity index (χ1) is 18.4. The summed E-state index contributed by atoms with van der Waals surface area (Å²) in [7, 11) is 3.22. The summed E-state index contributed by atoms with van der Waals surface area (Å²) in [5.74, 6) is -2.18. The van der Waals surface area contributed by atoms with Gasteiger partial charge >= 0.3 is 12.4 Å². The predicted octanol–water partition coefficient (Wildman–Crippen LogP) is 5.92. The largest absolute Gasteiger partial charge is 0.416 e. The van der Waals surface area contributed by atoms with Gasteiger partial charge < -0.3 is 19.9 Å². The molecule has 1 unspecified atom stereocenters. The van der Waals surface area contributed by atoms with Crippen LogP contribution in [-0.4, -0.2) is 56.6 Å². The van der Waals surface area contributed by atoms with E-state index in [0.29, 0.717) is 24.4 Å². The van der Waals surface area contributed by atoms with E-state index in [1.807, 2.05) is 39.0 Å². The van der Waals surface area contributed by atoms with E-state index in [0.717, 1.165) is 11.1 Å². The van der Waals surface area contributed by atoms with Crippen molar-refractivity contribution in [2.45, 2.75) is 46.1 Å². The normalized spacial score (nSPS) is 20.8. The molecule has 40 heavy (non-hydrogen) atoms. The van der Waals surface area contributed by atoms with E-state index in [9.17, 15) is 35.9 Å². The lowest BCUT2D eigenvalue weighted by molar-refractivity contribution is -0.143. The molecule has 0 aromatic heterocycles. The van der Waals surface area contributed by atoms with E-state index in [1.165, 1.54) is 12.0 Å². The number of amides is 2. The maximum Gasteiger partial charge on any atom is 0.416 e. The number of nitrogens with one attached hydrogen (secondary N) is 1. The zero-order valence-electron chi connectivity index (χ0n) is 23.1. The van der Waals surface area contributed by atoms with Gasteiger partial charge in [-0.2, -0.15) is 26.3 Å². The van der Waals surface area contributed by atoms with E-state index < -0.39 is 46.4 Å². The molecule has 3 atom stereocenters. The molecule has 2 aromatic rings. The number of nitrogens with zero attached hydrogens (tertiary/aromatic N) is 2. The van der Waals surface area contributed by atoms with Gasteiger partial charge in [-0.25, -0.2) is 0 Å². The number of para-hydroxylation sites is 1. The number of alkyl halides is 6. The van der Waals surface area contributed by atoms with Crippen LogP contribution >= 0.6 is 0 Å². The maximum absolute atomic E-state index is 14.0. The fraction of sp³-hybridized carbons (Fsp3) is 0.500. The molecule has 2 amide bonds. The number of ether oxygens (including phenoxy) is 1. The van der Waals surface area contributed by atoms with E-state index in [2.05, 4.69) is 5.32 Å². The lowest BCUT2D eigenvalue weighted by Crippen LogP contribution is -2.52. The van der Waals surface area contributed by atoms with Gasteiger partial charge in [0.15, 0.2) is 0 Å². The van der Waals surface area contributed by atoms with Crippen LogP contribution in [0.4, 0.5) is 37.7 Å². The molecule has 0 bridgehead atoms. The molecule has 2 aromatic carbocycles. The summed E-state index contributed by atoms with van der Waals surface area (Å²) in [4.78, 5) is 30.9. The van der Waals surface area contributed by atoms with Gasteiger partial charge in [-0.15, -0.1) is 0 Å². The van der Waals surface area contributed by atoms with Crippen molar-refractivity contribution in [3.63, 3.8) is 0 Å². The maximum atomic E-state index is 14.0. The Morgan fingerprint density at radius 1 is 1.10 bits per heavy atom. The smallest absolute Gasteiger partial charge is 0.383 e. The minimum absolute atomic E-state index is 0.00393. The number of halogens is 6. The van der Waals surface area contributed by atoms with Crippen molar-refractivity contribution in [2.24, 2.45) is 11.3 Å². The summed E-state index contributed by atoms with van der Waals surface area (Å²) in [6, 6.07) is 6.16. The fourth-order valence-electron chi connectivity index (χ4n) is 5.17. The van der Waals surface area contributed by atoms with Crippen LogP contribution in [0.15, 0.2) is 36.4 Å². The number of hydrogen-bond acceptors (Lipinski definition) is 4. The Morgan fingerprint density at radius 3 is 2.10 bits per heavy atom. The Balaban J connectivity index is 2.11. The molecule has 0 saturated carbocycles. The van der Waals surface area contributed by atoms with Crippen LogP contribution in [0, 0.1) is 25.2 Å². The van der Waals surface area contributed by atoms with Gasteiger partial charge in [0.2, 0.25) is 11.8 Å². The SMILES string of the molecule is COCC(C)N(C)C[C@@]1(C(=O)Nc2cc(C(F)(F)F)cc(C(F)(F)F)c2)CN(c2c(C)cccc2C)C(=O)[C@H]1C. The molecule has 1 fully saturated rings. The third-order valence-corrected chi connectivity index (χ3v) is 7.60. The highest BCUT2D eigenvalue weighted by atomic mass is 19.4. The minimum atomic E-state index is -5.08. The number of aryl methyl sites for hydroxylation is 2. The van der Waals surface area contributed by atoms with Gasteiger partial charge in [-0.05, 0) is 57.1 Å². The quantitative estimate of drug-likeness (QED) is 0.399. The second kappa shape index (κ2) is 11.4. The molecule has 12 heteroatoms. The summed E-state index contributed by atoms with van der Waals surface area (Å²) in [5.41, 5.74) is -3.11. The third kappa shape index (κ3) is 6.27. The van der Waals surface area contributed by atoms with Crippen LogP contribution in [0.25, 0.3) is 0 Å². The van der Waals surface area contributed by atoms with Crippen molar-refractivity contribution in [2.75, 3.05) is 44.1 Å². The van der Waals surface area contributed by atoms with Crippen LogP contribution in [0.5, 0.6) is 0 Å². The van der Waals surface area contributed by atoms with Crippen LogP contribution < -0.4 is 10.2 Å². The second-order valence-electron chi connectivity index (χ2n) is 10.5. The van der Waals surface area contributed by atoms with Gasteiger partial charge in [0.25, 0.3) is 0 Å². The molecule has 3 rings (SSSR count). The first-order valence-electron chi connectivity index (χ1n) is 12.6. The zero-order valence-corrected chi connectivity index (χ0v) is 23.1. The lowest BCUT2D eigenvalue weighted by Gasteiger charge is -2.37. The van der Waals surface area contributed by atoms with Gasteiger partial charge in [-0.3, -0.25) is 9.59 Å². The van der Waals surface area contributed by atoms with Crippen molar-refractivity contribution in [1.82, 2.24) is 4.90 Å². The van der Waals surface area contributed by atoms with Crippen LogP contribution in [0.3, 0.4) is 0 Å². The van der Waals surface area contributed by atoms with Crippen molar-refractivity contribution < 1.29 is 40.7 Å². The highest BCUT2D eigenvalue weighted by Crippen LogP contribution is 2.44. The molecule has 1 saturated heterocycles. The number of likely N-dealkylation sites (N-methyl/N-ethyl adjacent to an activating group) is 1. The predicted molar refractivity (Wildman–Crippen MR) is 139 cm³/mol. The van der Waals surface area contributed by atoms with E-state index in [1.54, 1.807) is 18.9 Å². The number of hydrogen-bond donors (Lipinski definition) is 1. The number of benzene rings is 2.